The van der Waals surface area contributed by atoms with Crippen LogP contribution in [0.15, 0.2) is 29.2 Å². The van der Waals surface area contributed by atoms with Gasteiger partial charge in [-0.15, -0.1) is 0 Å². The van der Waals surface area contributed by atoms with Crippen molar-refractivity contribution in [3.8, 4) is 0 Å². The molecule has 0 amide bonds. The van der Waals surface area contributed by atoms with Crippen LogP contribution < -0.4 is 5.32 Å². The molecule has 2 rings (SSSR count). The Kier molecular flexibility index (Phi) is 5.18. The third kappa shape index (κ3) is 4.58. The summed E-state index contributed by atoms with van der Waals surface area (Å²) < 4.78 is 22.9. The van der Waals surface area contributed by atoms with E-state index in [4.69, 9.17) is 0 Å². The number of nitrogens with one attached hydrogen (secondary N) is 1. The third-order valence-electron chi connectivity index (χ3n) is 3.65. The van der Waals surface area contributed by atoms with Gasteiger partial charge in [0.25, 0.3) is 0 Å². The van der Waals surface area contributed by atoms with Crippen LogP contribution in [0.4, 0.5) is 0 Å². The van der Waals surface area contributed by atoms with Gasteiger partial charge in [-0.25, -0.2) is 8.42 Å². The summed E-state index contributed by atoms with van der Waals surface area (Å²) in [4.78, 5) is 2.85. The first-order valence-electron chi connectivity index (χ1n) is 7.17. The maximum Gasteiger partial charge on any atom is 0.175 e. The predicted molar refractivity (Wildman–Crippen MR) is 81.5 cm³/mol. The molecule has 1 aromatic rings. The van der Waals surface area contributed by atoms with Crippen LogP contribution in [0.5, 0.6) is 0 Å². The molecule has 0 radical (unpaired) electrons. The van der Waals surface area contributed by atoms with Crippen molar-refractivity contribution in [3.63, 3.8) is 0 Å². The zero-order valence-electron chi connectivity index (χ0n) is 12.3. The second kappa shape index (κ2) is 6.70. The van der Waals surface area contributed by atoms with Gasteiger partial charge in [0.15, 0.2) is 9.84 Å². The van der Waals surface area contributed by atoms with Crippen molar-refractivity contribution in [3.05, 3.63) is 29.8 Å². The van der Waals surface area contributed by atoms with E-state index < -0.39 is 9.84 Å². The first-order valence-corrected chi connectivity index (χ1v) is 9.06. The highest BCUT2D eigenvalue weighted by Gasteiger charge is 2.14. The fraction of sp³-hybridized carbons (Fsp3) is 0.600. The van der Waals surface area contributed by atoms with E-state index >= 15 is 0 Å². The maximum atomic E-state index is 11.4. The van der Waals surface area contributed by atoms with E-state index in [1.54, 1.807) is 12.1 Å². The summed E-state index contributed by atoms with van der Waals surface area (Å²) >= 11 is 0. The first kappa shape index (κ1) is 15.5. The van der Waals surface area contributed by atoms with Crippen LogP contribution in [0, 0.1) is 5.92 Å². The van der Waals surface area contributed by atoms with E-state index in [1.165, 1.54) is 11.8 Å². The second-order valence-corrected chi connectivity index (χ2v) is 7.83. The number of rotatable bonds is 3. The molecular weight excluding hydrogens is 272 g/mol. The van der Waals surface area contributed by atoms with Crippen molar-refractivity contribution < 1.29 is 8.42 Å². The number of hydrogen-bond acceptors (Lipinski definition) is 4. The van der Waals surface area contributed by atoms with E-state index in [1.807, 2.05) is 12.1 Å². The van der Waals surface area contributed by atoms with E-state index in [-0.39, 0.29) is 0 Å². The molecule has 0 spiro atoms. The number of hydrogen-bond donors (Lipinski definition) is 1. The molecule has 0 saturated carbocycles. The van der Waals surface area contributed by atoms with Crippen LogP contribution in [0.3, 0.4) is 0 Å². The van der Waals surface area contributed by atoms with E-state index in [9.17, 15) is 8.42 Å². The Morgan fingerprint density at radius 1 is 1.30 bits per heavy atom. The van der Waals surface area contributed by atoms with Gasteiger partial charge in [0.2, 0.25) is 0 Å². The van der Waals surface area contributed by atoms with Gasteiger partial charge >= 0.3 is 0 Å². The molecule has 1 unspecified atom stereocenters. The zero-order valence-corrected chi connectivity index (χ0v) is 13.1. The molecule has 0 aromatic heterocycles. The highest BCUT2D eigenvalue weighted by atomic mass is 32.2. The lowest BCUT2D eigenvalue weighted by Crippen LogP contribution is -2.38. The molecule has 1 fully saturated rings. The largest absolute Gasteiger partial charge is 0.316 e. The summed E-state index contributed by atoms with van der Waals surface area (Å²) in [6.07, 6.45) is 2.41. The van der Waals surface area contributed by atoms with Gasteiger partial charge in [-0.2, -0.15) is 0 Å². The number of benzene rings is 1. The van der Waals surface area contributed by atoms with Crippen LogP contribution in [-0.4, -0.2) is 45.8 Å². The van der Waals surface area contributed by atoms with Crippen molar-refractivity contribution in [2.75, 3.05) is 32.4 Å². The summed E-state index contributed by atoms with van der Waals surface area (Å²) in [7, 11) is -3.09. The van der Waals surface area contributed by atoms with Gasteiger partial charge < -0.3 is 5.32 Å². The third-order valence-corrected chi connectivity index (χ3v) is 4.78. The smallest absolute Gasteiger partial charge is 0.175 e. The average molecular weight is 296 g/mol. The molecule has 1 saturated heterocycles. The molecule has 1 N–H and O–H groups in total. The van der Waals surface area contributed by atoms with Crippen LogP contribution in [0.2, 0.25) is 0 Å². The van der Waals surface area contributed by atoms with Crippen molar-refractivity contribution >= 4 is 9.84 Å². The highest BCUT2D eigenvalue weighted by Crippen LogP contribution is 2.13. The lowest BCUT2D eigenvalue weighted by Gasteiger charge is -2.28. The number of sulfone groups is 1. The minimum absolute atomic E-state index is 0.395. The molecule has 4 nitrogen and oxygen atoms in total. The Hall–Kier alpha value is -0.910. The van der Waals surface area contributed by atoms with Gasteiger partial charge in [0.1, 0.15) is 0 Å². The molecule has 112 valence electrons. The average Bonchev–Trinajstić information content (AvgIpc) is 2.35. The molecule has 1 heterocycles. The Bertz CT molecular complexity index is 525. The summed E-state index contributed by atoms with van der Waals surface area (Å²) in [6.45, 7) is 7.48. The Balaban J connectivity index is 2.01. The number of nitrogens with zero attached hydrogens (tertiary/aromatic N) is 1. The topological polar surface area (TPSA) is 49.4 Å². The molecule has 5 heteroatoms. The first-order chi connectivity index (χ1) is 9.45. The molecule has 1 atom stereocenters. The van der Waals surface area contributed by atoms with Gasteiger partial charge in [-0.3, -0.25) is 4.90 Å². The molecule has 1 aliphatic heterocycles. The standard InChI is InChI=1S/C15H24N2O2S/c1-13-10-16-8-3-9-17(11-13)12-14-4-6-15(7-5-14)20(2,18)19/h4-7,13,16H,3,8-12H2,1-2H3. The summed E-state index contributed by atoms with van der Waals surface area (Å²) in [5, 5.41) is 3.45. The molecule has 0 bridgehead atoms. The Morgan fingerprint density at radius 2 is 2.00 bits per heavy atom. The van der Waals surface area contributed by atoms with Gasteiger partial charge in [-0.05, 0) is 49.7 Å². The minimum Gasteiger partial charge on any atom is -0.316 e. The van der Waals surface area contributed by atoms with Crippen molar-refractivity contribution in [2.45, 2.75) is 24.8 Å². The molecule has 1 aromatic carbocycles. The summed E-state index contributed by atoms with van der Waals surface area (Å²) in [6, 6.07) is 7.27. The zero-order chi connectivity index (χ0) is 14.6. The quantitative estimate of drug-likeness (QED) is 0.919. The predicted octanol–water partition coefficient (Wildman–Crippen LogP) is 1.52. The van der Waals surface area contributed by atoms with E-state index in [0.29, 0.717) is 10.8 Å². The molecular formula is C15H24N2O2S. The molecule has 1 aliphatic rings. The maximum absolute atomic E-state index is 11.4. The second-order valence-electron chi connectivity index (χ2n) is 5.81. The van der Waals surface area contributed by atoms with Crippen LogP contribution in [0.25, 0.3) is 0 Å². The lowest BCUT2D eigenvalue weighted by atomic mass is 10.1. The summed E-state index contributed by atoms with van der Waals surface area (Å²) in [5.41, 5.74) is 1.18. The Morgan fingerprint density at radius 3 is 2.65 bits per heavy atom. The van der Waals surface area contributed by atoms with E-state index in [2.05, 4.69) is 17.1 Å². The van der Waals surface area contributed by atoms with Crippen molar-refractivity contribution in [1.29, 1.82) is 0 Å². The fourth-order valence-corrected chi connectivity index (χ4v) is 3.25. The van der Waals surface area contributed by atoms with Crippen LogP contribution >= 0.6 is 0 Å². The van der Waals surface area contributed by atoms with E-state index in [0.717, 1.165) is 39.1 Å². The fourth-order valence-electron chi connectivity index (χ4n) is 2.62. The minimum atomic E-state index is -3.09. The monoisotopic (exact) mass is 296 g/mol. The summed E-state index contributed by atoms with van der Waals surface area (Å²) in [5.74, 6) is 0.644. The van der Waals surface area contributed by atoms with Crippen LogP contribution in [-0.2, 0) is 16.4 Å². The van der Waals surface area contributed by atoms with Gasteiger partial charge in [0, 0.05) is 19.3 Å². The molecule has 20 heavy (non-hydrogen) atoms. The van der Waals surface area contributed by atoms with Gasteiger partial charge in [0.05, 0.1) is 4.90 Å². The van der Waals surface area contributed by atoms with Gasteiger partial charge in [-0.1, -0.05) is 19.1 Å². The Labute approximate surface area is 122 Å². The van der Waals surface area contributed by atoms with Crippen molar-refractivity contribution in [2.24, 2.45) is 5.92 Å². The van der Waals surface area contributed by atoms with Crippen molar-refractivity contribution in [1.82, 2.24) is 10.2 Å². The normalized spacial score (nSPS) is 22.2. The SMILES string of the molecule is CC1CNCCCN(Cc2ccc(S(C)(=O)=O)cc2)C1. The molecule has 0 aliphatic carbocycles. The van der Waals surface area contributed by atoms with Crippen LogP contribution in [0.1, 0.15) is 18.9 Å². The highest BCUT2D eigenvalue weighted by molar-refractivity contribution is 7.90. The lowest BCUT2D eigenvalue weighted by molar-refractivity contribution is 0.209.